The van der Waals surface area contributed by atoms with Crippen molar-refractivity contribution in [1.82, 2.24) is 9.55 Å². The highest BCUT2D eigenvalue weighted by molar-refractivity contribution is 5.74. The van der Waals surface area contributed by atoms with Gasteiger partial charge in [-0.2, -0.15) is 0 Å². The molecule has 0 aromatic carbocycles. The molecule has 2 rings (SSSR count). The van der Waals surface area contributed by atoms with Gasteiger partial charge >= 0.3 is 5.97 Å². The SMILES string of the molecule is CC(C)COC(=O)C1CCc2nccc(=O)n21. The molecule has 0 N–H and O–H groups in total. The van der Waals surface area contributed by atoms with Gasteiger partial charge in [-0.3, -0.25) is 9.36 Å². The summed E-state index contributed by atoms with van der Waals surface area (Å²) in [6.07, 6.45) is 2.73. The Hall–Kier alpha value is -1.65. The molecule has 0 bridgehead atoms. The number of hydrogen-bond donors (Lipinski definition) is 0. The lowest BCUT2D eigenvalue weighted by Gasteiger charge is -2.14. The van der Waals surface area contributed by atoms with Crippen molar-refractivity contribution in [2.24, 2.45) is 5.92 Å². The normalized spacial score (nSPS) is 18.2. The van der Waals surface area contributed by atoms with Crippen LogP contribution >= 0.6 is 0 Å². The van der Waals surface area contributed by atoms with E-state index in [1.165, 1.54) is 16.8 Å². The summed E-state index contributed by atoms with van der Waals surface area (Å²) in [6.45, 7) is 4.34. The fourth-order valence-electron chi connectivity index (χ4n) is 1.94. The van der Waals surface area contributed by atoms with Crippen LogP contribution in [0.5, 0.6) is 0 Å². The van der Waals surface area contributed by atoms with Crippen LogP contribution in [0.1, 0.15) is 32.1 Å². The summed E-state index contributed by atoms with van der Waals surface area (Å²) < 4.78 is 6.62. The molecule has 0 saturated heterocycles. The first-order valence-corrected chi connectivity index (χ1v) is 5.82. The van der Waals surface area contributed by atoms with E-state index in [2.05, 4.69) is 4.98 Å². The highest BCUT2D eigenvalue weighted by Gasteiger charge is 2.31. The number of carbonyl (C=O) groups excluding carboxylic acids is 1. The van der Waals surface area contributed by atoms with E-state index in [0.29, 0.717) is 31.2 Å². The lowest BCUT2D eigenvalue weighted by Crippen LogP contribution is -2.29. The van der Waals surface area contributed by atoms with Gasteiger partial charge in [0.15, 0.2) is 0 Å². The highest BCUT2D eigenvalue weighted by Crippen LogP contribution is 2.23. The van der Waals surface area contributed by atoms with Gasteiger partial charge in [-0.05, 0) is 12.3 Å². The molecule has 2 heterocycles. The van der Waals surface area contributed by atoms with E-state index in [0.717, 1.165) is 0 Å². The summed E-state index contributed by atoms with van der Waals surface area (Å²) >= 11 is 0. The smallest absolute Gasteiger partial charge is 0.329 e. The predicted molar refractivity (Wildman–Crippen MR) is 61.7 cm³/mol. The molecular weight excluding hydrogens is 220 g/mol. The average Bonchev–Trinajstić information content (AvgIpc) is 2.71. The summed E-state index contributed by atoms with van der Waals surface area (Å²) in [5.74, 6) is 0.641. The van der Waals surface area contributed by atoms with Crippen LogP contribution in [0.3, 0.4) is 0 Å². The second-order valence-electron chi connectivity index (χ2n) is 4.65. The maximum Gasteiger partial charge on any atom is 0.329 e. The molecule has 0 radical (unpaired) electrons. The first-order valence-electron chi connectivity index (χ1n) is 5.82. The topological polar surface area (TPSA) is 61.2 Å². The van der Waals surface area contributed by atoms with Gasteiger partial charge in [-0.15, -0.1) is 0 Å². The van der Waals surface area contributed by atoms with E-state index in [1.807, 2.05) is 13.8 Å². The van der Waals surface area contributed by atoms with E-state index in [4.69, 9.17) is 4.74 Å². The van der Waals surface area contributed by atoms with Crippen molar-refractivity contribution in [1.29, 1.82) is 0 Å². The Morgan fingerprint density at radius 1 is 1.65 bits per heavy atom. The van der Waals surface area contributed by atoms with E-state index >= 15 is 0 Å². The van der Waals surface area contributed by atoms with Crippen LogP contribution in [0.2, 0.25) is 0 Å². The quantitative estimate of drug-likeness (QED) is 0.732. The zero-order valence-corrected chi connectivity index (χ0v) is 10.0. The van der Waals surface area contributed by atoms with Crippen molar-refractivity contribution < 1.29 is 9.53 Å². The second-order valence-corrected chi connectivity index (χ2v) is 4.65. The lowest BCUT2D eigenvalue weighted by molar-refractivity contribution is -0.148. The Morgan fingerprint density at radius 3 is 3.12 bits per heavy atom. The zero-order chi connectivity index (χ0) is 12.4. The number of aromatic nitrogens is 2. The Bertz CT molecular complexity index is 479. The van der Waals surface area contributed by atoms with Crippen LogP contribution in [-0.2, 0) is 16.0 Å². The van der Waals surface area contributed by atoms with E-state index in [9.17, 15) is 9.59 Å². The number of fused-ring (bicyclic) bond motifs is 1. The second kappa shape index (κ2) is 4.69. The van der Waals surface area contributed by atoms with Crippen LogP contribution in [0.15, 0.2) is 17.1 Å². The van der Waals surface area contributed by atoms with Gasteiger partial charge in [0.25, 0.3) is 5.56 Å². The number of ether oxygens (including phenoxy) is 1. The van der Waals surface area contributed by atoms with Gasteiger partial charge in [-0.25, -0.2) is 9.78 Å². The molecule has 1 aromatic heterocycles. The average molecular weight is 236 g/mol. The van der Waals surface area contributed by atoms with Crippen LogP contribution in [0.25, 0.3) is 0 Å². The molecule has 1 aliphatic heterocycles. The summed E-state index contributed by atoms with van der Waals surface area (Å²) in [7, 11) is 0. The maximum absolute atomic E-state index is 11.9. The third kappa shape index (κ3) is 2.38. The molecule has 92 valence electrons. The number of aryl methyl sites for hydroxylation is 1. The summed E-state index contributed by atoms with van der Waals surface area (Å²) in [6, 6.07) is 0.877. The number of esters is 1. The number of hydrogen-bond acceptors (Lipinski definition) is 4. The zero-order valence-electron chi connectivity index (χ0n) is 10.0. The van der Waals surface area contributed by atoms with Gasteiger partial charge in [0, 0.05) is 18.7 Å². The van der Waals surface area contributed by atoms with Gasteiger partial charge in [0.1, 0.15) is 11.9 Å². The van der Waals surface area contributed by atoms with Crippen molar-refractivity contribution in [3.63, 3.8) is 0 Å². The molecule has 1 unspecified atom stereocenters. The monoisotopic (exact) mass is 236 g/mol. The van der Waals surface area contributed by atoms with Crippen LogP contribution in [0.4, 0.5) is 0 Å². The standard InChI is InChI=1S/C12H16N2O3/c1-8(2)7-17-12(16)9-3-4-10-13-6-5-11(15)14(9)10/h5-6,8-9H,3-4,7H2,1-2H3. The van der Waals surface area contributed by atoms with Gasteiger partial charge in [-0.1, -0.05) is 13.8 Å². The molecule has 5 heteroatoms. The summed E-state index contributed by atoms with van der Waals surface area (Å²) in [4.78, 5) is 27.6. The van der Waals surface area contributed by atoms with Crippen LogP contribution < -0.4 is 5.56 Å². The number of carbonyl (C=O) groups is 1. The Labute approximate surface area is 99.4 Å². The Kier molecular flexibility index (Phi) is 3.26. The fourth-order valence-corrected chi connectivity index (χ4v) is 1.94. The van der Waals surface area contributed by atoms with Crippen molar-refractivity contribution in [2.75, 3.05) is 6.61 Å². The minimum atomic E-state index is -0.495. The van der Waals surface area contributed by atoms with Crippen molar-refractivity contribution in [3.05, 3.63) is 28.4 Å². The lowest BCUT2D eigenvalue weighted by atomic mass is 10.2. The van der Waals surface area contributed by atoms with E-state index in [-0.39, 0.29) is 11.5 Å². The first-order chi connectivity index (χ1) is 8.09. The third-order valence-corrected chi connectivity index (χ3v) is 2.74. The van der Waals surface area contributed by atoms with Gasteiger partial charge in [0.2, 0.25) is 0 Å². The molecular formula is C12H16N2O3. The number of rotatable bonds is 3. The molecule has 5 nitrogen and oxygen atoms in total. The highest BCUT2D eigenvalue weighted by atomic mass is 16.5. The molecule has 1 aliphatic rings. The Balaban J connectivity index is 2.16. The summed E-state index contributed by atoms with van der Waals surface area (Å²) in [5, 5.41) is 0. The van der Waals surface area contributed by atoms with Crippen molar-refractivity contribution >= 4 is 5.97 Å². The maximum atomic E-state index is 11.9. The van der Waals surface area contributed by atoms with E-state index in [1.54, 1.807) is 0 Å². The molecule has 0 amide bonds. The molecule has 0 aliphatic carbocycles. The van der Waals surface area contributed by atoms with Gasteiger partial charge in [0.05, 0.1) is 6.61 Å². The molecule has 1 atom stereocenters. The third-order valence-electron chi connectivity index (χ3n) is 2.74. The minimum absolute atomic E-state index is 0.181. The predicted octanol–water partition coefficient (Wildman–Crippen LogP) is 0.930. The first kappa shape index (κ1) is 11.8. The molecule has 1 aromatic rings. The van der Waals surface area contributed by atoms with E-state index < -0.39 is 6.04 Å². The van der Waals surface area contributed by atoms with Crippen molar-refractivity contribution in [3.8, 4) is 0 Å². The molecule has 0 spiro atoms. The molecule has 17 heavy (non-hydrogen) atoms. The van der Waals surface area contributed by atoms with Crippen LogP contribution in [0, 0.1) is 5.92 Å². The minimum Gasteiger partial charge on any atom is -0.464 e. The summed E-state index contributed by atoms with van der Waals surface area (Å²) in [5.41, 5.74) is -0.181. The van der Waals surface area contributed by atoms with Crippen molar-refractivity contribution in [2.45, 2.75) is 32.7 Å². The van der Waals surface area contributed by atoms with Gasteiger partial charge < -0.3 is 4.74 Å². The fraction of sp³-hybridized carbons (Fsp3) is 0.583. The Morgan fingerprint density at radius 2 is 2.41 bits per heavy atom. The molecule has 0 saturated carbocycles. The van der Waals surface area contributed by atoms with Crippen LogP contribution in [-0.4, -0.2) is 22.1 Å². The molecule has 0 fully saturated rings. The number of nitrogens with zero attached hydrogens (tertiary/aromatic N) is 2. The largest absolute Gasteiger partial charge is 0.464 e.